The molecule has 0 heterocycles. The van der Waals surface area contributed by atoms with Crippen LogP contribution < -0.4 is 5.32 Å². The average Bonchev–Trinajstić information content (AvgIpc) is 2.44. The number of hydrogen-bond acceptors (Lipinski definition) is 3. The van der Waals surface area contributed by atoms with E-state index in [0.29, 0.717) is 6.54 Å². The molecule has 3 N–H and O–H groups in total. The van der Waals surface area contributed by atoms with Crippen LogP contribution in [0.15, 0.2) is 30.3 Å². The van der Waals surface area contributed by atoms with E-state index in [0.717, 1.165) is 5.56 Å². The molecule has 0 bridgehead atoms. The van der Waals surface area contributed by atoms with Gasteiger partial charge in [-0.3, -0.25) is 0 Å². The molecule has 0 radical (unpaired) electrons. The van der Waals surface area contributed by atoms with Crippen molar-refractivity contribution in [2.24, 2.45) is 5.92 Å². The summed E-state index contributed by atoms with van der Waals surface area (Å²) < 4.78 is 0. The summed E-state index contributed by atoms with van der Waals surface area (Å²) in [6.45, 7) is 3.74. The zero-order valence-electron chi connectivity index (χ0n) is 12.3. The van der Waals surface area contributed by atoms with Crippen molar-refractivity contribution in [3.63, 3.8) is 0 Å². The number of nitrogens with zero attached hydrogens (tertiary/aromatic N) is 1. The predicted molar refractivity (Wildman–Crippen MR) is 78.7 cm³/mol. The number of amides is 2. The van der Waals surface area contributed by atoms with Gasteiger partial charge in [0, 0.05) is 13.1 Å². The molecule has 1 aromatic carbocycles. The van der Waals surface area contributed by atoms with Crippen LogP contribution in [0, 0.1) is 5.92 Å². The highest BCUT2D eigenvalue weighted by Gasteiger charge is 2.25. The average molecular weight is 294 g/mol. The van der Waals surface area contributed by atoms with Gasteiger partial charge in [-0.05, 0) is 11.5 Å². The Morgan fingerprint density at radius 1 is 1.24 bits per heavy atom. The maximum atomic E-state index is 12.2. The minimum absolute atomic E-state index is 0.144. The van der Waals surface area contributed by atoms with Gasteiger partial charge in [-0.15, -0.1) is 0 Å². The lowest BCUT2D eigenvalue weighted by molar-refractivity contribution is -0.140. The monoisotopic (exact) mass is 294 g/mol. The summed E-state index contributed by atoms with van der Waals surface area (Å²) in [6.07, 6.45) is 0. The standard InChI is InChI=1S/C15H22N2O4/c1-11(2)13(14(19)20)16-15(21)17(8-9-18)10-12-6-4-3-5-7-12/h3-7,11,13,18H,8-10H2,1-2H3,(H,16,21)(H,19,20)/t13-/m1/s1. The molecule has 0 aliphatic carbocycles. The highest BCUT2D eigenvalue weighted by atomic mass is 16.4. The fourth-order valence-corrected chi connectivity index (χ4v) is 1.91. The Morgan fingerprint density at radius 2 is 1.86 bits per heavy atom. The van der Waals surface area contributed by atoms with Gasteiger partial charge < -0.3 is 20.4 Å². The number of carboxylic acid groups (broad SMARTS) is 1. The van der Waals surface area contributed by atoms with Crippen molar-refractivity contribution in [1.82, 2.24) is 10.2 Å². The van der Waals surface area contributed by atoms with Gasteiger partial charge in [-0.2, -0.15) is 0 Å². The molecule has 0 aliphatic rings. The number of aliphatic hydroxyl groups is 1. The molecule has 1 atom stereocenters. The SMILES string of the molecule is CC(C)[C@@H](NC(=O)N(CCO)Cc1ccccc1)C(=O)O. The topological polar surface area (TPSA) is 89.9 Å². The van der Waals surface area contributed by atoms with Gasteiger partial charge in [0.15, 0.2) is 0 Å². The summed E-state index contributed by atoms with van der Waals surface area (Å²) in [7, 11) is 0. The Morgan fingerprint density at radius 3 is 2.33 bits per heavy atom. The molecule has 0 aliphatic heterocycles. The van der Waals surface area contributed by atoms with Crippen molar-refractivity contribution in [2.45, 2.75) is 26.4 Å². The molecule has 116 valence electrons. The summed E-state index contributed by atoms with van der Waals surface area (Å²) in [5.74, 6) is -1.29. The van der Waals surface area contributed by atoms with Gasteiger partial charge in [-0.1, -0.05) is 44.2 Å². The highest BCUT2D eigenvalue weighted by Crippen LogP contribution is 2.07. The molecule has 0 spiro atoms. The van der Waals surface area contributed by atoms with Crippen molar-refractivity contribution >= 4 is 12.0 Å². The number of nitrogens with one attached hydrogen (secondary N) is 1. The molecule has 0 saturated heterocycles. The Hall–Kier alpha value is -2.08. The second kappa shape index (κ2) is 8.26. The van der Waals surface area contributed by atoms with E-state index >= 15 is 0 Å². The first-order valence-corrected chi connectivity index (χ1v) is 6.88. The zero-order valence-corrected chi connectivity index (χ0v) is 12.3. The third-order valence-corrected chi connectivity index (χ3v) is 3.09. The van der Waals surface area contributed by atoms with E-state index in [1.165, 1.54) is 4.90 Å². The molecule has 1 aromatic rings. The zero-order chi connectivity index (χ0) is 15.8. The van der Waals surface area contributed by atoms with Crippen LogP contribution in [0.5, 0.6) is 0 Å². The van der Waals surface area contributed by atoms with E-state index in [1.54, 1.807) is 13.8 Å². The van der Waals surface area contributed by atoms with E-state index in [-0.39, 0.29) is 19.1 Å². The molecule has 2 amide bonds. The Labute approximate surface area is 124 Å². The first kappa shape index (κ1) is 17.0. The lowest BCUT2D eigenvalue weighted by Crippen LogP contribution is -2.50. The fraction of sp³-hybridized carbons (Fsp3) is 0.467. The van der Waals surface area contributed by atoms with E-state index in [2.05, 4.69) is 5.32 Å². The van der Waals surface area contributed by atoms with E-state index in [4.69, 9.17) is 10.2 Å². The largest absolute Gasteiger partial charge is 0.480 e. The van der Waals surface area contributed by atoms with Crippen molar-refractivity contribution in [3.05, 3.63) is 35.9 Å². The summed E-state index contributed by atoms with van der Waals surface area (Å²) >= 11 is 0. The number of aliphatic hydroxyl groups excluding tert-OH is 1. The summed E-state index contributed by atoms with van der Waals surface area (Å²) in [5.41, 5.74) is 0.914. The van der Waals surface area contributed by atoms with Crippen molar-refractivity contribution in [3.8, 4) is 0 Å². The Kier molecular flexibility index (Phi) is 6.68. The number of hydrogen-bond donors (Lipinski definition) is 3. The quantitative estimate of drug-likeness (QED) is 0.707. The summed E-state index contributed by atoms with van der Waals surface area (Å²) in [6, 6.07) is 7.89. The molecule has 6 nitrogen and oxygen atoms in total. The van der Waals surface area contributed by atoms with E-state index < -0.39 is 18.0 Å². The van der Waals surface area contributed by atoms with Crippen LogP contribution in [0.2, 0.25) is 0 Å². The maximum Gasteiger partial charge on any atom is 0.326 e. The molecule has 1 rings (SSSR count). The van der Waals surface area contributed by atoms with Gasteiger partial charge in [0.1, 0.15) is 6.04 Å². The smallest absolute Gasteiger partial charge is 0.326 e. The van der Waals surface area contributed by atoms with Gasteiger partial charge in [0.25, 0.3) is 0 Å². The van der Waals surface area contributed by atoms with Crippen LogP contribution >= 0.6 is 0 Å². The number of benzene rings is 1. The predicted octanol–water partition coefficient (Wildman–Crippen LogP) is 1.30. The van der Waals surface area contributed by atoms with Crippen molar-refractivity contribution < 1.29 is 19.8 Å². The van der Waals surface area contributed by atoms with Crippen molar-refractivity contribution in [1.29, 1.82) is 0 Å². The minimum Gasteiger partial charge on any atom is -0.480 e. The number of urea groups is 1. The van der Waals surface area contributed by atoms with Crippen LogP contribution in [0.4, 0.5) is 4.79 Å². The molecule has 0 aromatic heterocycles. The molecule has 6 heteroatoms. The fourth-order valence-electron chi connectivity index (χ4n) is 1.91. The van der Waals surface area contributed by atoms with Gasteiger partial charge in [-0.25, -0.2) is 9.59 Å². The molecular formula is C15H22N2O4. The lowest BCUT2D eigenvalue weighted by Gasteiger charge is -2.26. The van der Waals surface area contributed by atoms with Crippen molar-refractivity contribution in [2.75, 3.05) is 13.2 Å². The molecule has 21 heavy (non-hydrogen) atoms. The van der Waals surface area contributed by atoms with E-state index in [1.807, 2.05) is 30.3 Å². The number of carbonyl (C=O) groups is 2. The maximum absolute atomic E-state index is 12.2. The number of carbonyl (C=O) groups excluding carboxylic acids is 1. The van der Waals surface area contributed by atoms with Gasteiger partial charge in [0.05, 0.1) is 6.61 Å². The third kappa shape index (κ3) is 5.43. The van der Waals surface area contributed by atoms with E-state index in [9.17, 15) is 9.59 Å². The number of rotatable bonds is 7. The first-order valence-electron chi connectivity index (χ1n) is 6.88. The van der Waals surface area contributed by atoms with Crippen LogP contribution in [-0.4, -0.2) is 46.3 Å². The first-order chi connectivity index (χ1) is 9.95. The van der Waals surface area contributed by atoms with Crippen LogP contribution in [0.25, 0.3) is 0 Å². The molecule has 0 saturated carbocycles. The number of aliphatic carboxylic acids is 1. The number of carboxylic acids is 1. The van der Waals surface area contributed by atoms with Gasteiger partial charge in [0.2, 0.25) is 0 Å². The Bertz CT molecular complexity index is 462. The van der Waals surface area contributed by atoms with Crippen LogP contribution in [-0.2, 0) is 11.3 Å². The Balaban J connectivity index is 2.75. The molecule has 0 unspecified atom stereocenters. The molecule has 0 fully saturated rings. The second-order valence-corrected chi connectivity index (χ2v) is 5.14. The third-order valence-electron chi connectivity index (χ3n) is 3.09. The second-order valence-electron chi connectivity index (χ2n) is 5.14. The molecular weight excluding hydrogens is 272 g/mol. The van der Waals surface area contributed by atoms with Crippen LogP contribution in [0.1, 0.15) is 19.4 Å². The highest BCUT2D eigenvalue weighted by molar-refractivity contribution is 5.82. The normalized spacial score (nSPS) is 12.0. The minimum atomic E-state index is -1.07. The van der Waals surface area contributed by atoms with Crippen LogP contribution in [0.3, 0.4) is 0 Å². The summed E-state index contributed by atoms with van der Waals surface area (Å²) in [5, 5.41) is 20.7. The lowest BCUT2D eigenvalue weighted by atomic mass is 10.1. The van der Waals surface area contributed by atoms with Gasteiger partial charge >= 0.3 is 12.0 Å². The summed E-state index contributed by atoms with van der Waals surface area (Å²) in [4.78, 5) is 24.7.